The predicted octanol–water partition coefficient (Wildman–Crippen LogP) is 4.22. The maximum atomic E-state index is 9.55. The van der Waals surface area contributed by atoms with Crippen molar-refractivity contribution >= 4 is 23.5 Å². The second-order valence-electron chi connectivity index (χ2n) is 8.63. The summed E-state index contributed by atoms with van der Waals surface area (Å²) in [7, 11) is 2.29. The zero-order chi connectivity index (χ0) is 23.5. The van der Waals surface area contributed by atoms with Crippen molar-refractivity contribution < 1.29 is 24.5 Å². The summed E-state index contributed by atoms with van der Waals surface area (Å²) in [6.45, 7) is 2.28. The molecule has 8 heteroatoms. The summed E-state index contributed by atoms with van der Waals surface area (Å²) in [5.41, 5.74) is 2.51. The predicted molar refractivity (Wildman–Crippen MR) is 125 cm³/mol. The molecule has 2 aromatic rings. The van der Waals surface area contributed by atoms with Gasteiger partial charge in [-0.15, -0.1) is 0 Å². The highest BCUT2D eigenvalue weighted by Gasteiger charge is 2.41. The van der Waals surface area contributed by atoms with Crippen LogP contribution in [0, 0.1) is 0 Å². The fourth-order valence-corrected chi connectivity index (χ4v) is 5.16. The number of piperazine rings is 1. The fourth-order valence-electron chi connectivity index (χ4n) is 4.96. The van der Waals surface area contributed by atoms with E-state index in [0.29, 0.717) is 30.3 Å². The molecule has 0 saturated carbocycles. The molecular weight excluding hydrogens is 444 g/mol. The Morgan fingerprint density at radius 2 is 1.64 bits per heavy atom. The van der Waals surface area contributed by atoms with Crippen molar-refractivity contribution in [2.24, 2.45) is 0 Å². The molecule has 3 unspecified atom stereocenters. The number of aliphatic carboxylic acids is 2. The molecule has 3 aliphatic heterocycles. The van der Waals surface area contributed by atoms with Gasteiger partial charge in [-0.05, 0) is 56.1 Å². The summed E-state index contributed by atoms with van der Waals surface area (Å²) in [5, 5.41) is 16.4. The van der Waals surface area contributed by atoms with Crippen LogP contribution in [0.3, 0.4) is 0 Å². The molecule has 0 aliphatic carbocycles. The van der Waals surface area contributed by atoms with Gasteiger partial charge < -0.3 is 14.9 Å². The fraction of sp³-hybridized carbons (Fsp3) is 0.360. The Morgan fingerprint density at radius 3 is 2.27 bits per heavy atom. The van der Waals surface area contributed by atoms with Crippen LogP contribution < -0.4 is 4.74 Å². The average molecular weight is 471 g/mol. The van der Waals surface area contributed by atoms with Gasteiger partial charge in [0.1, 0.15) is 11.5 Å². The normalized spacial score (nSPS) is 24.1. The van der Waals surface area contributed by atoms with E-state index in [-0.39, 0.29) is 0 Å². The molecule has 2 N–H and O–H groups in total. The standard InChI is InChI=1S/C21H23ClN2O.C4H4O4/c1-23-16-7-8-17(23)13-24(12-16)19-11-14-10-15(22)6-9-20(14)25-21-5-3-2-4-18(19)21;5-3(6)1-2-4(7)8/h2-6,9-10,16-17,19H,7-8,11-13H2,1H3;1-2H,(H,5,6)(H,7,8)/b;2-1-. The number of para-hydroxylation sites is 1. The second kappa shape index (κ2) is 9.95. The van der Waals surface area contributed by atoms with Crippen molar-refractivity contribution in [3.05, 3.63) is 70.8 Å². The number of ether oxygens (including phenoxy) is 1. The van der Waals surface area contributed by atoms with Crippen LogP contribution in [0.5, 0.6) is 11.5 Å². The highest BCUT2D eigenvalue weighted by molar-refractivity contribution is 6.30. The van der Waals surface area contributed by atoms with Gasteiger partial charge in [0.05, 0.1) is 0 Å². The highest BCUT2D eigenvalue weighted by Crippen LogP contribution is 2.43. The van der Waals surface area contributed by atoms with Gasteiger partial charge in [-0.3, -0.25) is 9.80 Å². The molecule has 3 heterocycles. The van der Waals surface area contributed by atoms with Crippen LogP contribution in [0.25, 0.3) is 0 Å². The summed E-state index contributed by atoms with van der Waals surface area (Å²) in [6, 6.07) is 16.2. The Morgan fingerprint density at radius 1 is 1.00 bits per heavy atom. The Balaban J connectivity index is 0.000000281. The minimum atomic E-state index is -1.26. The van der Waals surface area contributed by atoms with Crippen molar-refractivity contribution in [2.75, 3.05) is 20.1 Å². The topological polar surface area (TPSA) is 90.3 Å². The zero-order valence-electron chi connectivity index (χ0n) is 18.4. The Kier molecular flexibility index (Phi) is 7.02. The Hall–Kier alpha value is -2.87. The van der Waals surface area contributed by atoms with E-state index in [1.165, 1.54) is 24.0 Å². The number of fused-ring (bicyclic) bond motifs is 4. The van der Waals surface area contributed by atoms with Crippen LogP contribution in [-0.4, -0.2) is 64.2 Å². The van der Waals surface area contributed by atoms with Crippen LogP contribution in [0.1, 0.15) is 30.0 Å². The molecule has 2 bridgehead atoms. The minimum absolute atomic E-state index is 0.354. The Labute approximate surface area is 197 Å². The van der Waals surface area contributed by atoms with Crippen molar-refractivity contribution in [2.45, 2.75) is 37.4 Å². The first-order valence-corrected chi connectivity index (χ1v) is 11.3. The third-order valence-electron chi connectivity index (χ3n) is 6.62. The first kappa shape index (κ1) is 23.3. The number of carboxylic acid groups (broad SMARTS) is 2. The number of rotatable bonds is 3. The molecule has 0 spiro atoms. The van der Waals surface area contributed by atoms with Crippen molar-refractivity contribution in [3.63, 3.8) is 0 Å². The minimum Gasteiger partial charge on any atom is -0.478 e. The number of halogens is 1. The van der Waals surface area contributed by atoms with Gasteiger partial charge in [-0.1, -0.05) is 29.8 Å². The van der Waals surface area contributed by atoms with Crippen LogP contribution in [0.4, 0.5) is 0 Å². The monoisotopic (exact) mass is 470 g/mol. The maximum absolute atomic E-state index is 9.55. The smallest absolute Gasteiger partial charge is 0.328 e. The number of hydrogen-bond donors (Lipinski definition) is 2. The summed E-state index contributed by atoms with van der Waals surface area (Å²) in [4.78, 5) is 24.4. The molecule has 3 atom stereocenters. The molecular formula is C25H27ClN2O5. The summed E-state index contributed by atoms with van der Waals surface area (Å²) in [6.07, 6.45) is 4.72. The third-order valence-corrected chi connectivity index (χ3v) is 6.85. The van der Waals surface area contributed by atoms with Gasteiger partial charge in [-0.2, -0.15) is 0 Å². The van der Waals surface area contributed by atoms with Crippen molar-refractivity contribution in [1.29, 1.82) is 0 Å². The molecule has 3 aliphatic rings. The number of nitrogens with zero attached hydrogens (tertiary/aromatic N) is 2. The number of benzene rings is 2. The quantitative estimate of drug-likeness (QED) is 0.649. The number of carboxylic acids is 2. The van der Waals surface area contributed by atoms with Crippen molar-refractivity contribution in [3.8, 4) is 11.5 Å². The molecule has 2 aromatic carbocycles. The zero-order valence-corrected chi connectivity index (χ0v) is 19.1. The summed E-state index contributed by atoms with van der Waals surface area (Å²) >= 11 is 6.27. The highest BCUT2D eigenvalue weighted by atomic mass is 35.5. The van der Waals surface area contributed by atoms with E-state index < -0.39 is 11.9 Å². The summed E-state index contributed by atoms with van der Waals surface area (Å²) in [5.74, 6) is -0.587. The van der Waals surface area contributed by atoms with Gasteiger partial charge in [0.25, 0.3) is 0 Å². The molecule has 0 amide bonds. The van der Waals surface area contributed by atoms with E-state index in [0.717, 1.165) is 36.0 Å². The SMILES string of the molecule is CN1C2CCC1CN(C1Cc3cc(Cl)ccc3Oc3ccccc31)C2.O=C(O)/C=C\C(=O)O. The number of carbonyl (C=O) groups is 2. The van der Waals surface area contributed by atoms with Gasteiger partial charge in [0.15, 0.2) is 0 Å². The largest absolute Gasteiger partial charge is 0.478 e. The average Bonchev–Trinajstić information content (AvgIpc) is 2.96. The molecule has 2 saturated heterocycles. The van der Waals surface area contributed by atoms with Crippen LogP contribution in [-0.2, 0) is 16.0 Å². The van der Waals surface area contributed by atoms with Crippen LogP contribution in [0.2, 0.25) is 5.02 Å². The van der Waals surface area contributed by atoms with Gasteiger partial charge in [0.2, 0.25) is 0 Å². The molecule has 174 valence electrons. The molecule has 2 fully saturated rings. The number of likely N-dealkylation sites (tertiary alicyclic amines) is 1. The molecule has 0 aromatic heterocycles. The van der Waals surface area contributed by atoms with E-state index in [9.17, 15) is 9.59 Å². The summed E-state index contributed by atoms with van der Waals surface area (Å²) < 4.78 is 6.27. The molecule has 5 rings (SSSR count). The van der Waals surface area contributed by atoms with Crippen LogP contribution in [0.15, 0.2) is 54.6 Å². The first-order chi connectivity index (χ1) is 15.8. The van der Waals surface area contributed by atoms with E-state index >= 15 is 0 Å². The van der Waals surface area contributed by atoms with Gasteiger partial charge >= 0.3 is 11.9 Å². The number of hydrogen-bond acceptors (Lipinski definition) is 5. The lowest BCUT2D eigenvalue weighted by molar-refractivity contribution is -0.134. The van der Waals surface area contributed by atoms with Crippen LogP contribution >= 0.6 is 11.6 Å². The third kappa shape index (κ3) is 5.38. The molecule has 33 heavy (non-hydrogen) atoms. The maximum Gasteiger partial charge on any atom is 0.328 e. The number of likely N-dealkylation sites (N-methyl/N-ethyl adjacent to an activating group) is 1. The van der Waals surface area contributed by atoms with Crippen molar-refractivity contribution in [1.82, 2.24) is 9.80 Å². The van der Waals surface area contributed by atoms with E-state index in [4.69, 9.17) is 26.6 Å². The van der Waals surface area contributed by atoms with E-state index in [2.05, 4.69) is 47.2 Å². The van der Waals surface area contributed by atoms with Gasteiger partial charge in [0, 0.05) is 54.0 Å². The first-order valence-electron chi connectivity index (χ1n) is 11.0. The lowest BCUT2D eigenvalue weighted by Gasteiger charge is -2.42. The van der Waals surface area contributed by atoms with Gasteiger partial charge in [-0.25, -0.2) is 9.59 Å². The van der Waals surface area contributed by atoms with E-state index in [1.54, 1.807) is 0 Å². The Bertz CT molecular complexity index is 1040. The van der Waals surface area contributed by atoms with E-state index in [1.807, 2.05) is 12.1 Å². The lowest BCUT2D eigenvalue weighted by Crippen LogP contribution is -2.53. The second-order valence-corrected chi connectivity index (χ2v) is 9.06. The lowest BCUT2D eigenvalue weighted by atomic mass is 9.96. The molecule has 7 nitrogen and oxygen atoms in total. The molecule has 0 radical (unpaired) electrons.